The van der Waals surface area contributed by atoms with Crippen molar-refractivity contribution in [2.45, 2.75) is 62.9 Å². The second-order valence-corrected chi connectivity index (χ2v) is 8.58. The number of aromatic nitrogens is 3. The van der Waals surface area contributed by atoms with E-state index in [1.54, 1.807) is 0 Å². The third kappa shape index (κ3) is 3.38. The summed E-state index contributed by atoms with van der Waals surface area (Å²) in [6, 6.07) is 8.21. The first-order valence-electron chi connectivity index (χ1n) is 10.3. The summed E-state index contributed by atoms with van der Waals surface area (Å²) >= 11 is 0. The first kappa shape index (κ1) is 16.9. The molecule has 3 saturated carbocycles. The molecule has 4 N–H and O–H groups in total. The van der Waals surface area contributed by atoms with Crippen LogP contribution in [0.25, 0.3) is 11.4 Å². The summed E-state index contributed by atoms with van der Waals surface area (Å²) in [4.78, 5) is 17.4. The molecule has 0 radical (unpaired) electrons. The van der Waals surface area contributed by atoms with Crippen LogP contribution in [-0.2, 0) is 0 Å². The Bertz CT molecular complexity index is 811. The fraction of sp³-hybridized carbons (Fsp3) is 0.571. The monoisotopic (exact) mass is 365 g/mol. The van der Waals surface area contributed by atoms with Gasteiger partial charge in [-0.15, -0.1) is 0 Å². The molecule has 0 saturated heterocycles. The minimum Gasteiger partial charge on any atom is -0.349 e. The van der Waals surface area contributed by atoms with Crippen LogP contribution >= 0.6 is 0 Å². The highest BCUT2D eigenvalue weighted by molar-refractivity contribution is 5.94. The van der Waals surface area contributed by atoms with Gasteiger partial charge in [0.25, 0.3) is 5.91 Å². The summed E-state index contributed by atoms with van der Waals surface area (Å²) in [5, 5.41) is 10.7. The van der Waals surface area contributed by atoms with Crippen molar-refractivity contribution in [3.63, 3.8) is 0 Å². The molecule has 6 nitrogen and oxygen atoms in total. The van der Waals surface area contributed by atoms with Gasteiger partial charge in [-0.25, -0.2) is 4.98 Å². The van der Waals surface area contributed by atoms with E-state index in [1.807, 2.05) is 24.3 Å². The minimum atomic E-state index is 0.0209. The lowest BCUT2D eigenvalue weighted by atomic mass is 9.67. The number of nitrogens with one attached hydrogen (secondary N) is 2. The molecule has 3 aliphatic carbocycles. The van der Waals surface area contributed by atoms with Gasteiger partial charge < -0.3 is 11.1 Å². The Kier molecular flexibility index (Phi) is 4.23. The van der Waals surface area contributed by atoms with Crippen molar-refractivity contribution >= 4 is 5.91 Å². The smallest absolute Gasteiger partial charge is 0.251 e. The van der Waals surface area contributed by atoms with Crippen molar-refractivity contribution in [1.82, 2.24) is 20.5 Å². The van der Waals surface area contributed by atoms with E-state index in [-0.39, 0.29) is 11.9 Å². The third-order valence-electron chi connectivity index (χ3n) is 6.55. The van der Waals surface area contributed by atoms with Crippen LogP contribution in [0.1, 0.15) is 67.0 Å². The third-order valence-corrected chi connectivity index (χ3v) is 6.55. The van der Waals surface area contributed by atoms with Gasteiger partial charge in [0.05, 0.1) is 0 Å². The first-order chi connectivity index (χ1) is 13.2. The zero-order valence-corrected chi connectivity index (χ0v) is 15.5. The van der Waals surface area contributed by atoms with Gasteiger partial charge in [-0.1, -0.05) is 18.6 Å². The van der Waals surface area contributed by atoms with Gasteiger partial charge in [0.1, 0.15) is 5.82 Å². The average molecular weight is 365 g/mol. The molecule has 2 bridgehead atoms. The van der Waals surface area contributed by atoms with Crippen molar-refractivity contribution < 1.29 is 4.79 Å². The number of fused-ring (bicyclic) bond motifs is 2. The fourth-order valence-electron chi connectivity index (χ4n) is 4.97. The number of nitrogens with two attached hydrogens (primary N) is 1. The lowest BCUT2D eigenvalue weighted by Gasteiger charge is -2.45. The summed E-state index contributed by atoms with van der Waals surface area (Å²) in [7, 11) is 0. The Morgan fingerprint density at radius 3 is 2.44 bits per heavy atom. The van der Waals surface area contributed by atoms with Crippen molar-refractivity contribution in [3.05, 3.63) is 35.7 Å². The Morgan fingerprint density at radius 1 is 1.07 bits per heavy atom. The maximum absolute atomic E-state index is 12.8. The van der Waals surface area contributed by atoms with E-state index in [0.717, 1.165) is 24.2 Å². The highest BCUT2D eigenvalue weighted by Gasteiger charge is 2.40. The summed E-state index contributed by atoms with van der Waals surface area (Å²) < 4.78 is 0. The van der Waals surface area contributed by atoms with Crippen molar-refractivity contribution in [2.75, 3.05) is 0 Å². The van der Waals surface area contributed by atoms with Crippen molar-refractivity contribution in [2.24, 2.45) is 17.6 Å². The minimum absolute atomic E-state index is 0.0209. The number of carbonyl (C=O) groups excluding carboxylic acids is 1. The summed E-state index contributed by atoms with van der Waals surface area (Å²) in [6.07, 6.45) is 8.10. The number of rotatable bonds is 4. The number of nitrogens with zero attached hydrogens (tertiary/aromatic N) is 2. The predicted octanol–water partition coefficient (Wildman–Crippen LogP) is 2.98. The topological polar surface area (TPSA) is 96.7 Å². The van der Waals surface area contributed by atoms with Gasteiger partial charge in [0.15, 0.2) is 5.82 Å². The number of H-pyrrole nitrogens is 1. The van der Waals surface area contributed by atoms with Gasteiger partial charge in [-0.3, -0.25) is 9.89 Å². The zero-order chi connectivity index (χ0) is 18.4. The molecule has 2 atom stereocenters. The van der Waals surface area contributed by atoms with Gasteiger partial charge in [0, 0.05) is 29.1 Å². The van der Waals surface area contributed by atoms with E-state index in [0.29, 0.717) is 35.2 Å². The molecule has 1 aromatic carbocycles. The van der Waals surface area contributed by atoms with Crippen LogP contribution < -0.4 is 11.1 Å². The number of hydrogen-bond acceptors (Lipinski definition) is 4. The van der Waals surface area contributed by atoms with Crippen LogP contribution in [0.2, 0.25) is 0 Å². The number of carbonyl (C=O) groups is 1. The highest BCUT2D eigenvalue weighted by Crippen LogP contribution is 2.40. The Morgan fingerprint density at radius 2 is 1.78 bits per heavy atom. The van der Waals surface area contributed by atoms with E-state index >= 15 is 0 Å². The summed E-state index contributed by atoms with van der Waals surface area (Å²) in [5.74, 6) is 3.33. The molecule has 1 amide bonds. The summed E-state index contributed by atoms with van der Waals surface area (Å²) in [5.41, 5.74) is 7.84. The van der Waals surface area contributed by atoms with Gasteiger partial charge in [0.2, 0.25) is 0 Å². The molecule has 0 spiro atoms. The molecular weight excluding hydrogens is 338 g/mol. The van der Waals surface area contributed by atoms with Crippen molar-refractivity contribution in [1.29, 1.82) is 0 Å². The zero-order valence-electron chi connectivity index (χ0n) is 15.5. The Balaban J connectivity index is 1.27. The normalized spacial score (nSPS) is 30.1. The molecular formula is C21H27N5O. The van der Waals surface area contributed by atoms with Gasteiger partial charge in [-0.2, -0.15) is 5.10 Å². The van der Waals surface area contributed by atoms with Crippen LogP contribution in [0.5, 0.6) is 0 Å². The molecule has 1 aromatic heterocycles. The molecule has 142 valence electrons. The molecule has 3 fully saturated rings. The molecule has 2 aromatic rings. The van der Waals surface area contributed by atoms with E-state index < -0.39 is 0 Å². The quantitative estimate of drug-likeness (QED) is 0.776. The van der Waals surface area contributed by atoms with Crippen LogP contribution in [0.15, 0.2) is 24.3 Å². The maximum atomic E-state index is 12.8. The number of benzene rings is 1. The van der Waals surface area contributed by atoms with Crippen LogP contribution in [0.4, 0.5) is 0 Å². The molecule has 0 aliphatic heterocycles. The van der Waals surface area contributed by atoms with Crippen molar-refractivity contribution in [3.8, 4) is 11.4 Å². The standard InChI is InChI=1S/C21H27N5O/c22-17-10-15-2-1-3-16(11-17)18(15)23-21(27)14-8-6-13(7-9-14)20-24-19(25-26-20)12-4-5-12/h6-9,12,15-18H,1-5,10-11,22H2,(H,23,27)(H,24,25,26). The number of hydrogen-bond donors (Lipinski definition) is 3. The van der Waals surface area contributed by atoms with E-state index in [1.165, 1.54) is 32.1 Å². The average Bonchev–Trinajstić information content (AvgIpc) is 3.39. The predicted molar refractivity (Wildman–Crippen MR) is 103 cm³/mol. The fourth-order valence-corrected chi connectivity index (χ4v) is 4.97. The molecule has 5 rings (SSSR count). The van der Waals surface area contributed by atoms with Crippen LogP contribution in [-0.4, -0.2) is 33.2 Å². The molecule has 1 heterocycles. The largest absolute Gasteiger partial charge is 0.349 e. The van der Waals surface area contributed by atoms with Gasteiger partial charge in [-0.05, 0) is 62.5 Å². The van der Waals surface area contributed by atoms with Crippen LogP contribution in [0, 0.1) is 11.8 Å². The summed E-state index contributed by atoms with van der Waals surface area (Å²) in [6.45, 7) is 0. The second-order valence-electron chi connectivity index (χ2n) is 8.58. The van der Waals surface area contributed by atoms with Gasteiger partial charge >= 0.3 is 0 Å². The highest BCUT2D eigenvalue weighted by atomic mass is 16.1. The molecule has 3 aliphatic rings. The molecule has 27 heavy (non-hydrogen) atoms. The Hall–Kier alpha value is -2.21. The van der Waals surface area contributed by atoms with Crippen LogP contribution in [0.3, 0.4) is 0 Å². The SMILES string of the molecule is NC1CC2CCCC(C1)C2NC(=O)c1ccc(-c2n[nH]c(C3CC3)n2)cc1. The maximum Gasteiger partial charge on any atom is 0.251 e. The number of amides is 1. The second kappa shape index (κ2) is 6.75. The Labute approximate surface area is 159 Å². The molecule has 6 heteroatoms. The lowest BCUT2D eigenvalue weighted by Crippen LogP contribution is -2.53. The van der Waals surface area contributed by atoms with E-state index in [9.17, 15) is 4.79 Å². The molecule has 2 unspecified atom stereocenters. The first-order valence-corrected chi connectivity index (χ1v) is 10.3. The lowest BCUT2D eigenvalue weighted by molar-refractivity contribution is 0.0756. The van der Waals surface area contributed by atoms with E-state index in [4.69, 9.17) is 5.73 Å². The number of aromatic amines is 1. The van der Waals surface area contributed by atoms with E-state index in [2.05, 4.69) is 20.5 Å².